The zero-order chi connectivity index (χ0) is 13.9. The molecule has 1 aromatic heterocycles. The van der Waals surface area contributed by atoms with E-state index in [9.17, 15) is 8.42 Å². The van der Waals surface area contributed by atoms with E-state index in [1.54, 1.807) is 7.05 Å². The first kappa shape index (κ1) is 14.5. The van der Waals surface area contributed by atoms with E-state index in [0.717, 1.165) is 25.7 Å². The van der Waals surface area contributed by atoms with Gasteiger partial charge in [0.15, 0.2) is 11.0 Å². The predicted molar refractivity (Wildman–Crippen MR) is 74.2 cm³/mol. The Kier molecular flexibility index (Phi) is 4.59. The van der Waals surface area contributed by atoms with Gasteiger partial charge in [0.05, 0.1) is 0 Å². The van der Waals surface area contributed by atoms with Gasteiger partial charge in [-0.2, -0.15) is 12.7 Å². The second-order valence-corrected chi connectivity index (χ2v) is 6.77. The summed E-state index contributed by atoms with van der Waals surface area (Å²) in [5, 5.41) is 7.52. The van der Waals surface area contributed by atoms with Crippen LogP contribution in [0.5, 0.6) is 0 Å². The number of anilines is 1. The average Bonchev–Trinajstić information content (AvgIpc) is 2.41. The second-order valence-electron chi connectivity index (χ2n) is 4.66. The molecule has 106 valence electrons. The molecule has 19 heavy (non-hydrogen) atoms. The van der Waals surface area contributed by atoms with E-state index in [1.165, 1.54) is 22.9 Å². The van der Waals surface area contributed by atoms with Crippen LogP contribution in [-0.2, 0) is 10.2 Å². The van der Waals surface area contributed by atoms with Crippen LogP contribution in [0.25, 0.3) is 0 Å². The van der Waals surface area contributed by atoms with Gasteiger partial charge in [-0.15, -0.1) is 10.2 Å². The lowest BCUT2D eigenvalue weighted by Crippen LogP contribution is -2.41. The van der Waals surface area contributed by atoms with Gasteiger partial charge in [-0.25, -0.2) is 0 Å². The molecule has 0 atom stereocenters. The number of rotatable bonds is 4. The van der Waals surface area contributed by atoms with Crippen LogP contribution in [0.15, 0.2) is 12.1 Å². The molecule has 1 heterocycles. The van der Waals surface area contributed by atoms with Crippen LogP contribution < -0.4 is 4.72 Å². The Morgan fingerprint density at radius 2 is 1.95 bits per heavy atom. The first-order valence-corrected chi connectivity index (χ1v) is 8.06. The highest BCUT2D eigenvalue weighted by Crippen LogP contribution is 2.23. The molecular formula is C11H17ClN4O2S. The van der Waals surface area contributed by atoms with Crippen molar-refractivity contribution in [3.05, 3.63) is 17.3 Å². The fraction of sp³-hybridized carbons (Fsp3) is 0.636. The first-order chi connectivity index (χ1) is 8.99. The van der Waals surface area contributed by atoms with Gasteiger partial charge in [0.2, 0.25) is 0 Å². The summed E-state index contributed by atoms with van der Waals surface area (Å²) in [7, 11) is -1.99. The molecule has 0 saturated heterocycles. The van der Waals surface area contributed by atoms with Gasteiger partial charge in [0.25, 0.3) is 0 Å². The topological polar surface area (TPSA) is 75.2 Å². The highest BCUT2D eigenvalue weighted by molar-refractivity contribution is 7.90. The average molecular weight is 305 g/mol. The largest absolute Gasteiger partial charge is 0.302 e. The van der Waals surface area contributed by atoms with Crippen molar-refractivity contribution in [3.8, 4) is 0 Å². The van der Waals surface area contributed by atoms with Crippen molar-refractivity contribution in [2.45, 2.75) is 38.1 Å². The van der Waals surface area contributed by atoms with Gasteiger partial charge in [-0.1, -0.05) is 30.9 Å². The minimum atomic E-state index is -3.59. The quantitative estimate of drug-likeness (QED) is 0.924. The van der Waals surface area contributed by atoms with Crippen molar-refractivity contribution < 1.29 is 8.42 Å². The van der Waals surface area contributed by atoms with Gasteiger partial charge in [-0.05, 0) is 25.0 Å². The minimum Gasteiger partial charge on any atom is -0.253 e. The fourth-order valence-corrected chi connectivity index (χ4v) is 3.44. The van der Waals surface area contributed by atoms with E-state index < -0.39 is 10.2 Å². The molecule has 0 aliphatic heterocycles. The second kappa shape index (κ2) is 6.02. The third-order valence-corrected chi connectivity index (χ3v) is 5.06. The standard InChI is InChI=1S/C11H17ClN4O2S/c1-16(9-5-3-2-4-6-9)19(17,18)15-11-8-7-10(12)13-14-11/h7-9H,2-6H2,1H3,(H,14,15). The first-order valence-electron chi connectivity index (χ1n) is 6.24. The summed E-state index contributed by atoms with van der Waals surface area (Å²) in [5.74, 6) is 0.173. The van der Waals surface area contributed by atoms with Crippen LogP contribution in [0.4, 0.5) is 5.82 Å². The summed E-state index contributed by atoms with van der Waals surface area (Å²) in [6.07, 6.45) is 5.14. The molecule has 6 nitrogen and oxygen atoms in total. The van der Waals surface area contributed by atoms with Gasteiger partial charge in [-0.3, -0.25) is 4.72 Å². The van der Waals surface area contributed by atoms with E-state index in [4.69, 9.17) is 11.6 Å². The molecule has 0 unspecified atom stereocenters. The number of aromatic nitrogens is 2. The van der Waals surface area contributed by atoms with Crippen LogP contribution in [-0.4, -0.2) is 36.0 Å². The van der Waals surface area contributed by atoms with Crippen molar-refractivity contribution in [3.63, 3.8) is 0 Å². The number of halogens is 1. The molecule has 1 fully saturated rings. The number of hydrogen-bond donors (Lipinski definition) is 1. The Morgan fingerprint density at radius 3 is 2.53 bits per heavy atom. The third kappa shape index (κ3) is 3.77. The van der Waals surface area contributed by atoms with Crippen molar-refractivity contribution >= 4 is 27.6 Å². The molecule has 8 heteroatoms. The Balaban J connectivity index is 2.06. The van der Waals surface area contributed by atoms with E-state index in [-0.39, 0.29) is 17.0 Å². The Labute approximate surface area is 118 Å². The van der Waals surface area contributed by atoms with E-state index in [1.807, 2.05) is 0 Å². The monoisotopic (exact) mass is 304 g/mol. The Hall–Kier alpha value is -0.920. The van der Waals surface area contributed by atoms with Gasteiger partial charge in [0.1, 0.15) is 0 Å². The third-order valence-electron chi connectivity index (χ3n) is 3.33. The summed E-state index contributed by atoms with van der Waals surface area (Å²) in [6, 6.07) is 3.04. The molecule has 1 saturated carbocycles. The predicted octanol–water partition coefficient (Wildman–Crippen LogP) is 2.05. The van der Waals surface area contributed by atoms with Crippen molar-refractivity contribution in [2.24, 2.45) is 0 Å². The highest BCUT2D eigenvalue weighted by atomic mass is 35.5. The van der Waals surface area contributed by atoms with Gasteiger partial charge < -0.3 is 0 Å². The maximum atomic E-state index is 12.2. The molecule has 0 bridgehead atoms. The lowest BCUT2D eigenvalue weighted by atomic mass is 9.96. The summed E-state index contributed by atoms with van der Waals surface area (Å²) >= 11 is 5.61. The fourth-order valence-electron chi connectivity index (χ4n) is 2.22. The zero-order valence-electron chi connectivity index (χ0n) is 10.7. The summed E-state index contributed by atoms with van der Waals surface area (Å²) < 4.78 is 28.2. The van der Waals surface area contributed by atoms with Crippen molar-refractivity contribution in [1.82, 2.24) is 14.5 Å². The van der Waals surface area contributed by atoms with E-state index in [0.29, 0.717) is 0 Å². The lowest BCUT2D eigenvalue weighted by molar-refractivity contribution is 0.287. The summed E-state index contributed by atoms with van der Waals surface area (Å²) in [4.78, 5) is 0. The Morgan fingerprint density at radius 1 is 1.26 bits per heavy atom. The number of nitrogens with zero attached hydrogens (tertiary/aromatic N) is 3. The van der Waals surface area contributed by atoms with Crippen LogP contribution in [0.1, 0.15) is 32.1 Å². The molecule has 0 amide bonds. The molecular weight excluding hydrogens is 288 g/mol. The normalized spacial score (nSPS) is 17.6. The zero-order valence-corrected chi connectivity index (χ0v) is 12.3. The van der Waals surface area contributed by atoms with Crippen molar-refractivity contribution in [1.29, 1.82) is 0 Å². The molecule has 0 radical (unpaired) electrons. The number of nitrogens with one attached hydrogen (secondary N) is 1. The lowest BCUT2D eigenvalue weighted by Gasteiger charge is -2.30. The van der Waals surface area contributed by atoms with E-state index in [2.05, 4.69) is 14.9 Å². The highest BCUT2D eigenvalue weighted by Gasteiger charge is 2.27. The van der Waals surface area contributed by atoms with Crippen LogP contribution in [0.2, 0.25) is 5.15 Å². The summed E-state index contributed by atoms with van der Waals surface area (Å²) in [6.45, 7) is 0. The molecule has 1 aliphatic carbocycles. The molecule has 1 aliphatic rings. The molecule has 0 spiro atoms. The molecule has 1 N–H and O–H groups in total. The van der Waals surface area contributed by atoms with Crippen LogP contribution in [0, 0.1) is 0 Å². The van der Waals surface area contributed by atoms with Crippen LogP contribution >= 0.6 is 11.6 Å². The maximum absolute atomic E-state index is 12.2. The SMILES string of the molecule is CN(C1CCCCC1)S(=O)(=O)Nc1ccc(Cl)nn1. The van der Waals surface area contributed by atoms with Crippen LogP contribution in [0.3, 0.4) is 0 Å². The Bertz CT molecular complexity index is 514. The number of hydrogen-bond acceptors (Lipinski definition) is 4. The smallest absolute Gasteiger partial charge is 0.253 e. The molecule has 2 rings (SSSR count). The molecule has 0 aromatic carbocycles. The molecule has 1 aromatic rings. The van der Waals surface area contributed by atoms with E-state index >= 15 is 0 Å². The maximum Gasteiger partial charge on any atom is 0.302 e. The van der Waals surface area contributed by atoms with Gasteiger partial charge >= 0.3 is 10.2 Å². The van der Waals surface area contributed by atoms with Crippen molar-refractivity contribution in [2.75, 3.05) is 11.8 Å². The minimum absolute atomic E-state index is 0.0616. The van der Waals surface area contributed by atoms with Gasteiger partial charge in [0, 0.05) is 13.1 Å². The summed E-state index contributed by atoms with van der Waals surface area (Å²) in [5.41, 5.74) is 0.